The SMILES string of the molecule is C[C@@H]1CN(S(=O)(=O)CCCCC#N)C[C@H](C)O1. The van der Waals surface area contributed by atoms with Crippen LogP contribution in [0, 0.1) is 11.3 Å². The predicted octanol–water partition coefficient (Wildman–Crippen LogP) is 1.12. The van der Waals surface area contributed by atoms with Crippen molar-refractivity contribution in [2.45, 2.75) is 45.3 Å². The lowest BCUT2D eigenvalue weighted by Crippen LogP contribution is -2.48. The molecule has 0 aromatic rings. The molecule has 1 saturated heterocycles. The van der Waals surface area contributed by atoms with Gasteiger partial charge in [-0.15, -0.1) is 0 Å². The highest BCUT2D eigenvalue weighted by Gasteiger charge is 2.30. The van der Waals surface area contributed by atoms with Crippen molar-refractivity contribution in [1.82, 2.24) is 4.31 Å². The molecule has 1 rings (SSSR count). The molecule has 0 aliphatic carbocycles. The van der Waals surface area contributed by atoms with Crippen molar-refractivity contribution >= 4 is 10.0 Å². The van der Waals surface area contributed by atoms with Gasteiger partial charge in [-0.25, -0.2) is 8.42 Å². The van der Waals surface area contributed by atoms with E-state index in [0.717, 1.165) is 0 Å². The minimum Gasteiger partial charge on any atom is -0.373 e. The zero-order chi connectivity index (χ0) is 12.9. The van der Waals surface area contributed by atoms with Crippen LogP contribution < -0.4 is 0 Å². The Bertz CT molecular complexity index is 365. The molecule has 1 aliphatic rings. The second-order valence-corrected chi connectivity index (χ2v) is 6.59. The van der Waals surface area contributed by atoms with Crippen LogP contribution in [0.3, 0.4) is 0 Å². The van der Waals surface area contributed by atoms with E-state index in [2.05, 4.69) is 0 Å². The van der Waals surface area contributed by atoms with E-state index in [1.165, 1.54) is 4.31 Å². The molecule has 2 atom stereocenters. The van der Waals surface area contributed by atoms with Gasteiger partial charge in [0.1, 0.15) is 0 Å². The molecule has 0 unspecified atom stereocenters. The van der Waals surface area contributed by atoms with E-state index < -0.39 is 10.0 Å². The molecule has 0 saturated carbocycles. The number of rotatable bonds is 5. The summed E-state index contributed by atoms with van der Waals surface area (Å²) < 4.78 is 31.1. The highest BCUT2D eigenvalue weighted by molar-refractivity contribution is 7.89. The first-order valence-electron chi connectivity index (χ1n) is 5.96. The van der Waals surface area contributed by atoms with E-state index in [9.17, 15) is 8.42 Å². The normalized spacial score (nSPS) is 26.6. The third-order valence-corrected chi connectivity index (χ3v) is 4.61. The standard InChI is InChI=1S/C11H20N2O3S/c1-10-8-13(9-11(2)16-10)17(14,15)7-5-3-4-6-12/h10-11H,3-5,7-9H2,1-2H3/t10-,11+. The molecule has 0 bridgehead atoms. The third-order valence-electron chi connectivity index (χ3n) is 2.72. The second kappa shape index (κ2) is 6.34. The van der Waals surface area contributed by atoms with Gasteiger partial charge in [0.05, 0.1) is 24.0 Å². The topological polar surface area (TPSA) is 70.4 Å². The average molecular weight is 260 g/mol. The monoisotopic (exact) mass is 260 g/mol. The van der Waals surface area contributed by atoms with Crippen LogP contribution in [0.4, 0.5) is 0 Å². The molecule has 0 aromatic carbocycles. The van der Waals surface area contributed by atoms with Crippen LogP contribution in [0.15, 0.2) is 0 Å². The minimum absolute atomic E-state index is 0.0485. The second-order valence-electron chi connectivity index (χ2n) is 4.51. The van der Waals surface area contributed by atoms with Crippen molar-refractivity contribution < 1.29 is 13.2 Å². The summed E-state index contributed by atoms with van der Waals surface area (Å²) in [6.45, 7) is 4.64. The number of ether oxygens (including phenoxy) is 1. The fourth-order valence-electron chi connectivity index (χ4n) is 1.98. The van der Waals surface area contributed by atoms with Gasteiger partial charge in [0.25, 0.3) is 0 Å². The Hall–Kier alpha value is -0.640. The van der Waals surface area contributed by atoms with Crippen molar-refractivity contribution in [1.29, 1.82) is 5.26 Å². The van der Waals surface area contributed by atoms with Crippen molar-refractivity contribution in [2.75, 3.05) is 18.8 Å². The van der Waals surface area contributed by atoms with Gasteiger partial charge in [0.15, 0.2) is 0 Å². The van der Waals surface area contributed by atoms with E-state index in [4.69, 9.17) is 10.00 Å². The first-order chi connectivity index (χ1) is 7.95. The van der Waals surface area contributed by atoms with E-state index >= 15 is 0 Å². The van der Waals surface area contributed by atoms with Crippen molar-refractivity contribution in [3.05, 3.63) is 0 Å². The number of nitriles is 1. The van der Waals surface area contributed by atoms with Crippen LogP contribution in [0.1, 0.15) is 33.1 Å². The van der Waals surface area contributed by atoms with E-state index in [0.29, 0.717) is 32.4 Å². The van der Waals surface area contributed by atoms with Gasteiger partial charge >= 0.3 is 0 Å². The van der Waals surface area contributed by atoms with Crippen LogP contribution in [0.5, 0.6) is 0 Å². The van der Waals surface area contributed by atoms with Crippen LogP contribution in [0.25, 0.3) is 0 Å². The van der Waals surface area contributed by atoms with E-state index in [1.807, 2.05) is 19.9 Å². The molecule has 5 nitrogen and oxygen atoms in total. The summed E-state index contributed by atoms with van der Waals surface area (Å²) in [5.41, 5.74) is 0. The molecule has 1 aliphatic heterocycles. The third kappa shape index (κ3) is 4.62. The maximum atomic E-state index is 12.0. The highest BCUT2D eigenvalue weighted by Crippen LogP contribution is 2.15. The van der Waals surface area contributed by atoms with Crippen molar-refractivity contribution in [3.63, 3.8) is 0 Å². The Morgan fingerprint density at radius 2 is 1.88 bits per heavy atom. The average Bonchev–Trinajstić information content (AvgIpc) is 2.23. The van der Waals surface area contributed by atoms with Crippen molar-refractivity contribution in [2.24, 2.45) is 0 Å². The molecule has 0 amide bonds. The maximum absolute atomic E-state index is 12.0. The van der Waals surface area contributed by atoms with Crippen LogP contribution in [-0.2, 0) is 14.8 Å². The smallest absolute Gasteiger partial charge is 0.214 e. The highest BCUT2D eigenvalue weighted by atomic mass is 32.2. The van der Waals surface area contributed by atoms with Gasteiger partial charge in [-0.1, -0.05) is 0 Å². The number of hydrogen-bond donors (Lipinski definition) is 0. The summed E-state index contributed by atoms with van der Waals surface area (Å²) in [5.74, 6) is 0.133. The van der Waals surface area contributed by atoms with Gasteiger partial charge in [-0.2, -0.15) is 9.57 Å². The van der Waals surface area contributed by atoms with E-state index in [1.54, 1.807) is 0 Å². The first-order valence-corrected chi connectivity index (χ1v) is 7.57. The molecular weight excluding hydrogens is 240 g/mol. The minimum atomic E-state index is -3.19. The number of unbranched alkanes of at least 4 members (excludes halogenated alkanes) is 2. The lowest BCUT2D eigenvalue weighted by Gasteiger charge is -2.34. The molecule has 98 valence electrons. The Kier molecular flexibility index (Phi) is 5.37. The molecule has 17 heavy (non-hydrogen) atoms. The zero-order valence-electron chi connectivity index (χ0n) is 10.4. The van der Waals surface area contributed by atoms with Crippen LogP contribution >= 0.6 is 0 Å². The van der Waals surface area contributed by atoms with Crippen LogP contribution in [0.2, 0.25) is 0 Å². The first kappa shape index (κ1) is 14.4. The van der Waals surface area contributed by atoms with Gasteiger partial charge < -0.3 is 4.74 Å². The summed E-state index contributed by atoms with van der Waals surface area (Å²) in [6, 6.07) is 2.02. The van der Waals surface area contributed by atoms with E-state index in [-0.39, 0.29) is 18.0 Å². The molecule has 1 fully saturated rings. The number of nitrogens with zero attached hydrogens (tertiary/aromatic N) is 2. The Morgan fingerprint density at radius 1 is 1.29 bits per heavy atom. The van der Waals surface area contributed by atoms with Gasteiger partial charge in [-0.05, 0) is 26.7 Å². The molecule has 0 N–H and O–H groups in total. The molecular formula is C11H20N2O3S. The number of morpholine rings is 1. The predicted molar refractivity (Wildman–Crippen MR) is 64.8 cm³/mol. The maximum Gasteiger partial charge on any atom is 0.214 e. The summed E-state index contributed by atoms with van der Waals surface area (Å²) in [4.78, 5) is 0. The fraction of sp³-hybridized carbons (Fsp3) is 0.909. The molecule has 1 heterocycles. The number of sulfonamides is 1. The zero-order valence-corrected chi connectivity index (χ0v) is 11.2. The molecule has 0 radical (unpaired) electrons. The van der Waals surface area contributed by atoms with Gasteiger partial charge in [0.2, 0.25) is 10.0 Å². The summed E-state index contributed by atoms with van der Waals surface area (Å²) >= 11 is 0. The largest absolute Gasteiger partial charge is 0.373 e. The number of hydrogen-bond acceptors (Lipinski definition) is 4. The molecule has 6 heteroatoms. The Balaban J connectivity index is 2.49. The summed E-state index contributed by atoms with van der Waals surface area (Å²) in [7, 11) is -3.19. The van der Waals surface area contributed by atoms with Gasteiger partial charge in [0, 0.05) is 19.5 Å². The molecule has 0 spiro atoms. The summed E-state index contributed by atoms with van der Waals surface area (Å²) in [6.07, 6.45) is 1.52. The Labute approximate surface area is 103 Å². The lowest BCUT2D eigenvalue weighted by atomic mass is 10.3. The van der Waals surface area contributed by atoms with Crippen LogP contribution in [-0.4, -0.2) is 43.8 Å². The molecule has 0 aromatic heterocycles. The summed E-state index contributed by atoms with van der Waals surface area (Å²) in [5, 5.41) is 8.39. The quantitative estimate of drug-likeness (QED) is 0.694. The lowest BCUT2D eigenvalue weighted by molar-refractivity contribution is -0.0440. The fourth-order valence-corrected chi connectivity index (χ4v) is 3.68. The Morgan fingerprint density at radius 3 is 2.41 bits per heavy atom. The van der Waals surface area contributed by atoms with Gasteiger partial charge in [-0.3, -0.25) is 0 Å². The van der Waals surface area contributed by atoms with Crippen molar-refractivity contribution in [3.8, 4) is 6.07 Å².